The topological polar surface area (TPSA) is 72.1 Å². The van der Waals surface area contributed by atoms with Gasteiger partial charge in [-0.05, 0) is 28.8 Å². The molecule has 1 aliphatic rings. The average molecular weight is 304 g/mol. The third kappa shape index (κ3) is 2.40. The lowest BCUT2D eigenvalue weighted by molar-refractivity contribution is 0.0734. The number of anilines is 1. The Hall–Kier alpha value is -2.95. The Morgan fingerprint density at radius 3 is 2.87 bits per heavy atom. The molecule has 3 aromatic rings. The lowest BCUT2D eigenvalue weighted by Gasteiger charge is -2.28. The number of rotatable bonds is 1. The predicted molar refractivity (Wildman–Crippen MR) is 88.8 cm³/mol. The summed E-state index contributed by atoms with van der Waals surface area (Å²) in [5.74, 6) is 0.285. The summed E-state index contributed by atoms with van der Waals surface area (Å²) in [5.41, 5.74) is 8.31. The lowest BCUT2D eigenvalue weighted by Crippen LogP contribution is -2.36. The maximum atomic E-state index is 13.0. The van der Waals surface area contributed by atoms with Crippen molar-refractivity contribution in [2.24, 2.45) is 0 Å². The second-order valence-corrected chi connectivity index (χ2v) is 5.70. The minimum Gasteiger partial charge on any atom is -0.368 e. The Morgan fingerprint density at radius 1 is 1.13 bits per heavy atom. The highest BCUT2D eigenvalue weighted by Gasteiger charge is 2.24. The number of hydrogen-bond acceptors (Lipinski definition) is 4. The highest BCUT2D eigenvalue weighted by Crippen LogP contribution is 2.23. The van der Waals surface area contributed by atoms with E-state index in [2.05, 4.69) is 9.97 Å². The van der Waals surface area contributed by atoms with Crippen LogP contribution in [0.15, 0.2) is 48.7 Å². The normalized spacial score (nSPS) is 13.8. The molecule has 0 saturated heterocycles. The molecule has 2 N–H and O–H groups in total. The van der Waals surface area contributed by atoms with Gasteiger partial charge in [-0.15, -0.1) is 0 Å². The molecule has 0 unspecified atom stereocenters. The molecule has 2 aromatic carbocycles. The van der Waals surface area contributed by atoms with Gasteiger partial charge in [0.05, 0.1) is 12.2 Å². The zero-order chi connectivity index (χ0) is 15.8. The van der Waals surface area contributed by atoms with Gasteiger partial charge < -0.3 is 10.6 Å². The van der Waals surface area contributed by atoms with Crippen LogP contribution in [0.5, 0.6) is 0 Å². The van der Waals surface area contributed by atoms with Crippen LogP contribution in [0.25, 0.3) is 10.8 Å². The molecule has 0 spiro atoms. The van der Waals surface area contributed by atoms with Gasteiger partial charge in [-0.1, -0.05) is 36.4 Å². The molecular weight excluding hydrogens is 288 g/mol. The standard InChI is InChI=1S/C18H16N4O/c19-18-20-10-13-8-9-22(11-16(13)21-18)17(23)15-7-3-5-12-4-1-2-6-14(12)15/h1-7,10H,8-9,11H2,(H2,19,20,21). The molecule has 5 nitrogen and oxygen atoms in total. The van der Waals surface area contributed by atoms with Crippen molar-refractivity contribution in [1.82, 2.24) is 14.9 Å². The molecule has 0 bridgehead atoms. The number of amides is 1. The Morgan fingerprint density at radius 2 is 1.96 bits per heavy atom. The van der Waals surface area contributed by atoms with Gasteiger partial charge in [0, 0.05) is 18.3 Å². The van der Waals surface area contributed by atoms with E-state index in [1.54, 1.807) is 6.20 Å². The van der Waals surface area contributed by atoms with Gasteiger partial charge in [0.15, 0.2) is 0 Å². The molecule has 0 aliphatic carbocycles. The fraction of sp³-hybridized carbons (Fsp3) is 0.167. The van der Waals surface area contributed by atoms with Crippen molar-refractivity contribution in [2.45, 2.75) is 13.0 Å². The van der Waals surface area contributed by atoms with Crippen molar-refractivity contribution in [3.8, 4) is 0 Å². The summed E-state index contributed by atoms with van der Waals surface area (Å²) in [6.45, 7) is 1.15. The van der Waals surface area contributed by atoms with E-state index >= 15 is 0 Å². The van der Waals surface area contributed by atoms with Gasteiger partial charge in [-0.2, -0.15) is 0 Å². The third-order valence-electron chi connectivity index (χ3n) is 4.27. The first kappa shape index (κ1) is 13.7. The number of carbonyl (C=O) groups is 1. The van der Waals surface area contributed by atoms with Gasteiger partial charge >= 0.3 is 0 Å². The number of aromatic nitrogens is 2. The molecule has 2 heterocycles. The quantitative estimate of drug-likeness (QED) is 0.749. The van der Waals surface area contributed by atoms with E-state index in [1.807, 2.05) is 47.4 Å². The van der Waals surface area contributed by atoms with Crippen LogP contribution in [0.4, 0.5) is 5.95 Å². The fourth-order valence-corrected chi connectivity index (χ4v) is 3.07. The summed E-state index contributed by atoms with van der Waals surface area (Å²) >= 11 is 0. The predicted octanol–water partition coefficient (Wildman–Crippen LogP) is 2.41. The summed E-state index contributed by atoms with van der Waals surface area (Å²) < 4.78 is 0. The first-order valence-corrected chi connectivity index (χ1v) is 7.60. The number of nitrogens with two attached hydrogens (primary N) is 1. The third-order valence-corrected chi connectivity index (χ3v) is 4.27. The smallest absolute Gasteiger partial charge is 0.254 e. The molecule has 1 aromatic heterocycles. The van der Waals surface area contributed by atoms with Crippen LogP contribution in [0.1, 0.15) is 21.6 Å². The minimum absolute atomic E-state index is 0.0321. The van der Waals surface area contributed by atoms with Crippen molar-refractivity contribution < 1.29 is 4.79 Å². The Bertz CT molecular complexity index is 901. The summed E-state index contributed by atoms with van der Waals surface area (Å²) in [7, 11) is 0. The number of hydrogen-bond donors (Lipinski definition) is 1. The lowest BCUT2D eigenvalue weighted by atomic mass is 10.0. The molecule has 0 saturated carbocycles. The van der Waals surface area contributed by atoms with E-state index < -0.39 is 0 Å². The molecule has 0 atom stereocenters. The van der Waals surface area contributed by atoms with E-state index in [1.165, 1.54) is 0 Å². The van der Waals surface area contributed by atoms with Crippen molar-refractivity contribution >= 4 is 22.6 Å². The van der Waals surface area contributed by atoms with E-state index in [0.29, 0.717) is 13.1 Å². The number of nitrogens with zero attached hydrogens (tertiary/aromatic N) is 3. The molecule has 1 aliphatic heterocycles. The summed E-state index contributed by atoms with van der Waals surface area (Å²) in [6, 6.07) is 13.8. The van der Waals surface area contributed by atoms with Crippen molar-refractivity contribution in [1.29, 1.82) is 0 Å². The highest BCUT2D eigenvalue weighted by atomic mass is 16.2. The van der Waals surface area contributed by atoms with Crippen LogP contribution < -0.4 is 5.73 Å². The van der Waals surface area contributed by atoms with Crippen LogP contribution in [-0.2, 0) is 13.0 Å². The molecule has 5 heteroatoms. The Kier molecular flexibility index (Phi) is 3.19. The maximum absolute atomic E-state index is 13.0. The zero-order valence-corrected chi connectivity index (χ0v) is 12.6. The van der Waals surface area contributed by atoms with Gasteiger partial charge in [-0.3, -0.25) is 4.79 Å². The van der Waals surface area contributed by atoms with Crippen molar-refractivity contribution in [2.75, 3.05) is 12.3 Å². The van der Waals surface area contributed by atoms with Gasteiger partial charge in [0.2, 0.25) is 5.95 Å². The number of benzene rings is 2. The van der Waals surface area contributed by atoms with Crippen LogP contribution in [-0.4, -0.2) is 27.3 Å². The van der Waals surface area contributed by atoms with Gasteiger partial charge in [0.1, 0.15) is 0 Å². The molecular formula is C18H16N4O. The highest BCUT2D eigenvalue weighted by molar-refractivity contribution is 6.07. The average Bonchev–Trinajstić information content (AvgIpc) is 2.60. The first-order chi connectivity index (χ1) is 11.2. The van der Waals surface area contributed by atoms with Crippen LogP contribution in [0.2, 0.25) is 0 Å². The molecule has 4 rings (SSSR count). The van der Waals surface area contributed by atoms with E-state index in [9.17, 15) is 4.79 Å². The van der Waals surface area contributed by atoms with Gasteiger partial charge in [-0.25, -0.2) is 9.97 Å². The van der Waals surface area contributed by atoms with Gasteiger partial charge in [0.25, 0.3) is 5.91 Å². The molecule has 114 valence electrons. The molecule has 23 heavy (non-hydrogen) atoms. The summed E-state index contributed by atoms with van der Waals surface area (Å²) in [6.07, 6.45) is 2.52. The Balaban J connectivity index is 1.70. The van der Waals surface area contributed by atoms with Crippen molar-refractivity contribution in [3.05, 3.63) is 65.5 Å². The monoisotopic (exact) mass is 304 g/mol. The van der Waals surface area contributed by atoms with E-state index in [4.69, 9.17) is 5.73 Å². The fourth-order valence-electron chi connectivity index (χ4n) is 3.07. The molecule has 0 radical (unpaired) electrons. The van der Waals surface area contributed by atoms with Crippen LogP contribution in [0.3, 0.4) is 0 Å². The minimum atomic E-state index is 0.0321. The largest absolute Gasteiger partial charge is 0.368 e. The second-order valence-electron chi connectivity index (χ2n) is 5.70. The Labute approximate surface area is 133 Å². The van der Waals surface area contributed by atoms with Crippen LogP contribution >= 0.6 is 0 Å². The summed E-state index contributed by atoms with van der Waals surface area (Å²) in [5, 5.41) is 2.05. The SMILES string of the molecule is Nc1ncc2c(n1)CN(C(=O)c1cccc3ccccc13)CC2. The maximum Gasteiger partial charge on any atom is 0.254 e. The van der Waals surface area contributed by atoms with E-state index in [0.717, 1.165) is 34.0 Å². The molecule has 1 amide bonds. The zero-order valence-electron chi connectivity index (χ0n) is 12.6. The number of fused-ring (bicyclic) bond motifs is 2. The van der Waals surface area contributed by atoms with Crippen molar-refractivity contribution in [3.63, 3.8) is 0 Å². The van der Waals surface area contributed by atoms with E-state index in [-0.39, 0.29) is 11.9 Å². The number of nitrogen functional groups attached to an aromatic ring is 1. The summed E-state index contributed by atoms with van der Waals surface area (Å²) in [4.78, 5) is 23.1. The number of carbonyl (C=O) groups excluding carboxylic acids is 1. The second kappa shape index (κ2) is 5.35. The van der Waals surface area contributed by atoms with Crippen LogP contribution in [0, 0.1) is 0 Å². The first-order valence-electron chi connectivity index (χ1n) is 7.60. The molecule has 0 fully saturated rings.